The molecule has 0 aromatic carbocycles. The summed E-state index contributed by atoms with van der Waals surface area (Å²) in [5, 5.41) is 9.69. The molecule has 2 rings (SSSR count). The smallest absolute Gasteiger partial charge is 0.270 e. The van der Waals surface area contributed by atoms with E-state index in [0.717, 1.165) is 0 Å². The molecule has 0 spiro atoms. The van der Waals surface area contributed by atoms with Crippen molar-refractivity contribution in [3.63, 3.8) is 0 Å². The van der Waals surface area contributed by atoms with Gasteiger partial charge in [0.05, 0.1) is 23.8 Å². The van der Waals surface area contributed by atoms with E-state index in [1.54, 1.807) is 28.8 Å². The largest absolute Gasteiger partial charge is 0.394 e. The van der Waals surface area contributed by atoms with Gasteiger partial charge in [0.2, 0.25) is 0 Å². The van der Waals surface area contributed by atoms with Crippen molar-refractivity contribution in [3.05, 3.63) is 23.0 Å². The van der Waals surface area contributed by atoms with Gasteiger partial charge >= 0.3 is 0 Å². The van der Waals surface area contributed by atoms with Gasteiger partial charge in [-0.25, -0.2) is 0 Å². The van der Waals surface area contributed by atoms with Gasteiger partial charge in [-0.3, -0.25) is 4.79 Å². The Morgan fingerprint density at radius 3 is 2.89 bits per heavy atom. The van der Waals surface area contributed by atoms with E-state index in [1.807, 2.05) is 6.92 Å². The predicted molar refractivity (Wildman–Crippen MR) is 67.7 cm³/mol. The van der Waals surface area contributed by atoms with Gasteiger partial charge in [-0.1, -0.05) is 11.6 Å². The zero-order chi connectivity index (χ0) is 13.3. The fourth-order valence-electron chi connectivity index (χ4n) is 2.21. The number of aliphatic hydroxyl groups is 1. The lowest BCUT2D eigenvalue weighted by atomic mass is 10.2. The molecule has 2 atom stereocenters. The van der Waals surface area contributed by atoms with Crippen LogP contribution in [0.25, 0.3) is 0 Å². The number of amides is 1. The summed E-state index contributed by atoms with van der Waals surface area (Å²) in [5.74, 6) is -0.0852. The number of halogens is 1. The van der Waals surface area contributed by atoms with Crippen molar-refractivity contribution in [2.75, 3.05) is 19.7 Å². The summed E-state index contributed by atoms with van der Waals surface area (Å²) in [7, 11) is 1.78. The lowest BCUT2D eigenvalue weighted by Gasteiger charge is -2.36. The van der Waals surface area contributed by atoms with E-state index in [2.05, 4.69) is 0 Å². The Hall–Kier alpha value is -1.04. The molecule has 100 valence electrons. The topological polar surface area (TPSA) is 54.7 Å². The molecular weight excluding hydrogens is 256 g/mol. The van der Waals surface area contributed by atoms with E-state index in [-0.39, 0.29) is 24.7 Å². The SMILES string of the molecule is CC1CN(C(=O)c2cc(Cl)cn2C)CC(CO)O1. The minimum Gasteiger partial charge on any atom is -0.394 e. The van der Waals surface area contributed by atoms with Crippen LogP contribution in [0, 0.1) is 0 Å². The fraction of sp³-hybridized carbons (Fsp3) is 0.583. The number of rotatable bonds is 2. The van der Waals surface area contributed by atoms with Gasteiger partial charge in [-0.2, -0.15) is 0 Å². The van der Waals surface area contributed by atoms with Crippen LogP contribution in [0.5, 0.6) is 0 Å². The summed E-state index contributed by atoms with van der Waals surface area (Å²) in [6, 6.07) is 1.65. The quantitative estimate of drug-likeness (QED) is 0.870. The van der Waals surface area contributed by atoms with Gasteiger partial charge in [0, 0.05) is 26.3 Å². The Bertz CT molecular complexity index is 447. The van der Waals surface area contributed by atoms with E-state index < -0.39 is 0 Å². The number of hydrogen-bond donors (Lipinski definition) is 1. The van der Waals surface area contributed by atoms with Crippen LogP contribution in [0.3, 0.4) is 0 Å². The normalized spacial score (nSPS) is 24.3. The number of hydrogen-bond acceptors (Lipinski definition) is 3. The fourth-order valence-corrected chi connectivity index (χ4v) is 2.46. The molecule has 1 fully saturated rings. The Morgan fingerprint density at radius 2 is 2.33 bits per heavy atom. The molecule has 1 aromatic heterocycles. The highest BCUT2D eigenvalue weighted by atomic mass is 35.5. The zero-order valence-corrected chi connectivity index (χ0v) is 11.2. The second kappa shape index (κ2) is 5.30. The van der Waals surface area contributed by atoms with Gasteiger partial charge in [0.25, 0.3) is 5.91 Å². The lowest BCUT2D eigenvalue weighted by molar-refractivity contribution is -0.0860. The van der Waals surface area contributed by atoms with Gasteiger partial charge in [0.15, 0.2) is 0 Å². The van der Waals surface area contributed by atoms with Crippen molar-refractivity contribution in [2.24, 2.45) is 7.05 Å². The zero-order valence-electron chi connectivity index (χ0n) is 10.5. The molecular formula is C12H17ClN2O3. The second-order valence-electron chi connectivity index (χ2n) is 4.62. The molecule has 2 unspecified atom stereocenters. The monoisotopic (exact) mass is 272 g/mol. The number of carbonyl (C=O) groups is 1. The maximum absolute atomic E-state index is 12.4. The third kappa shape index (κ3) is 2.68. The predicted octanol–water partition coefficient (Wildman–Crippen LogP) is 0.900. The number of ether oxygens (including phenoxy) is 1. The van der Waals surface area contributed by atoms with Gasteiger partial charge in [0.1, 0.15) is 5.69 Å². The first-order valence-corrected chi connectivity index (χ1v) is 6.26. The molecule has 0 radical (unpaired) electrons. The van der Waals surface area contributed by atoms with Crippen molar-refractivity contribution in [1.29, 1.82) is 0 Å². The minimum absolute atomic E-state index is 0.0735. The van der Waals surface area contributed by atoms with Crippen LogP contribution in [0.1, 0.15) is 17.4 Å². The van der Waals surface area contributed by atoms with E-state index in [0.29, 0.717) is 23.8 Å². The van der Waals surface area contributed by atoms with E-state index in [1.165, 1.54) is 0 Å². The lowest BCUT2D eigenvalue weighted by Crippen LogP contribution is -2.50. The Labute approximate surface area is 111 Å². The first-order valence-electron chi connectivity index (χ1n) is 5.88. The highest BCUT2D eigenvalue weighted by molar-refractivity contribution is 6.31. The number of carbonyl (C=O) groups excluding carboxylic acids is 1. The molecule has 5 nitrogen and oxygen atoms in total. The van der Waals surface area contributed by atoms with Crippen molar-refractivity contribution >= 4 is 17.5 Å². The number of aliphatic hydroxyl groups excluding tert-OH is 1. The summed E-state index contributed by atoms with van der Waals surface area (Å²) in [4.78, 5) is 14.0. The average Bonchev–Trinajstić information content (AvgIpc) is 2.66. The Kier molecular flexibility index (Phi) is 3.94. The molecule has 1 amide bonds. The molecule has 1 saturated heterocycles. The molecule has 1 aromatic rings. The third-order valence-electron chi connectivity index (χ3n) is 3.01. The summed E-state index contributed by atoms with van der Waals surface area (Å²) >= 11 is 5.88. The highest BCUT2D eigenvalue weighted by Crippen LogP contribution is 2.18. The number of morpholine rings is 1. The maximum atomic E-state index is 12.4. The average molecular weight is 273 g/mol. The van der Waals surface area contributed by atoms with Gasteiger partial charge in [-0.15, -0.1) is 0 Å². The van der Waals surface area contributed by atoms with Crippen LogP contribution in [0.4, 0.5) is 0 Å². The molecule has 0 saturated carbocycles. The van der Waals surface area contributed by atoms with Crippen LogP contribution < -0.4 is 0 Å². The molecule has 1 N–H and O–H groups in total. The van der Waals surface area contributed by atoms with Crippen LogP contribution in [-0.4, -0.2) is 52.4 Å². The Morgan fingerprint density at radius 1 is 1.61 bits per heavy atom. The van der Waals surface area contributed by atoms with Crippen molar-refractivity contribution < 1.29 is 14.6 Å². The number of nitrogens with zero attached hydrogens (tertiary/aromatic N) is 2. The first-order chi connectivity index (χ1) is 8.51. The molecule has 0 bridgehead atoms. The third-order valence-corrected chi connectivity index (χ3v) is 3.21. The molecule has 2 heterocycles. The second-order valence-corrected chi connectivity index (χ2v) is 5.05. The summed E-state index contributed by atoms with van der Waals surface area (Å²) in [5.41, 5.74) is 0.547. The van der Waals surface area contributed by atoms with Crippen LogP contribution in [0.2, 0.25) is 5.02 Å². The first kappa shape index (κ1) is 13.4. The number of aryl methyl sites for hydroxylation is 1. The van der Waals surface area contributed by atoms with Crippen LogP contribution >= 0.6 is 11.6 Å². The number of aromatic nitrogens is 1. The summed E-state index contributed by atoms with van der Waals surface area (Å²) in [6.45, 7) is 2.74. The Balaban J connectivity index is 2.15. The summed E-state index contributed by atoms with van der Waals surface area (Å²) < 4.78 is 7.22. The van der Waals surface area contributed by atoms with E-state index in [9.17, 15) is 4.79 Å². The molecule has 1 aliphatic rings. The van der Waals surface area contributed by atoms with Crippen LogP contribution in [0.15, 0.2) is 12.3 Å². The van der Waals surface area contributed by atoms with E-state index >= 15 is 0 Å². The molecule has 18 heavy (non-hydrogen) atoms. The molecule has 0 aliphatic carbocycles. The molecule has 1 aliphatic heterocycles. The standard InChI is InChI=1S/C12H17ClN2O3/c1-8-4-15(6-10(7-16)18-8)12(17)11-3-9(13)5-14(11)2/h3,5,8,10,16H,4,6-7H2,1-2H3. The van der Waals surface area contributed by atoms with Crippen molar-refractivity contribution in [1.82, 2.24) is 9.47 Å². The van der Waals surface area contributed by atoms with E-state index in [4.69, 9.17) is 21.4 Å². The highest BCUT2D eigenvalue weighted by Gasteiger charge is 2.29. The van der Waals surface area contributed by atoms with Gasteiger partial charge < -0.3 is 19.3 Å². The van der Waals surface area contributed by atoms with Gasteiger partial charge in [-0.05, 0) is 13.0 Å². The minimum atomic E-state index is -0.312. The molecule has 6 heteroatoms. The van der Waals surface area contributed by atoms with Crippen LogP contribution in [-0.2, 0) is 11.8 Å². The maximum Gasteiger partial charge on any atom is 0.270 e. The van der Waals surface area contributed by atoms with Crippen molar-refractivity contribution in [3.8, 4) is 0 Å². The summed E-state index contributed by atoms with van der Waals surface area (Å²) in [6.07, 6.45) is 1.31. The van der Waals surface area contributed by atoms with Crippen molar-refractivity contribution in [2.45, 2.75) is 19.1 Å².